The minimum Gasteiger partial charge on any atom is -0.507 e. The maximum atomic E-state index is 12.1. The largest absolute Gasteiger partial charge is 0.507 e. The Hall–Kier alpha value is -4.00. The first kappa shape index (κ1) is 25.3. The number of benzene rings is 1. The second-order valence-electron chi connectivity index (χ2n) is 7.03. The summed E-state index contributed by atoms with van der Waals surface area (Å²) in [5.41, 5.74) is 1.33. The van der Waals surface area contributed by atoms with Crippen molar-refractivity contribution in [3.8, 4) is 5.75 Å². The average molecular weight is 464 g/mol. The van der Waals surface area contributed by atoms with E-state index in [9.17, 15) is 33.9 Å². The zero-order chi connectivity index (χ0) is 24.4. The number of carbonyl (C=O) groups is 6. The lowest BCUT2D eigenvalue weighted by Crippen LogP contribution is -2.32. The highest BCUT2D eigenvalue weighted by Gasteiger charge is 2.32. The van der Waals surface area contributed by atoms with Gasteiger partial charge in [-0.2, -0.15) is 0 Å². The number of aromatic hydroxyl groups is 1. The van der Waals surface area contributed by atoms with Crippen LogP contribution in [0.2, 0.25) is 0 Å². The monoisotopic (exact) mass is 464 g/mol. The van der Waals surface area contributed by atoms with Crippen molar-refractivity contribution in [3.05, 3.63) is 29.3 Å². The first-order valence-corrected chi connectivity index (χ1v) is 10.1. The normalized spacial score (nSPS) is 12.9. The molecule has 1 saturated heterocycles. The van der Waals surface area contributed by atoms with Crippen molar-refractivity contribution in [2.24, 2.45) is 0 Å². The Morgan fingerprint density at radius 3 is 2.18 bits per heavy atom. The predicted molar refractivity (Wildman–Crippen MR) is 108 cm³/mol. The first-order chi connectivity index (χ1) is 15.7. The third-order valence-corrected chi connectivity index (χ3v) is 4.57. The Morgan fingerprint density at radius 2 is 1.58 bits per heavy atom. The van der Waals surface area contributed by atoms with Crippen molar-refractivity contribution >= 4 is 35.5 Å². The number of carbonyl (C=O) groups excluding carboxylic acids is 6. The topological polar surface area (TPSA) is 191 Å². The quantitative estimate of drug-likeness (QED) is 0.125. The molecule has 0 aromatic heterocycles. The summed E-state index contributed by atoms with van der Waals surface area (Å²) in [6.45, 7) is 0.594. The molecular formula is C20H24N4O9. The fourth-order valence-corrected chi connectivity index (χ4v) is 2.82. The molecule has 0 aliphatic carbocycles. The molecule has 5 amide bonds. The second kappa shape index (κ2) is 12.1. The number of rotatable bonds is 11. The van der Waals surface area contributed by atoms with E-state index in [0.29, 0.717) is 31.0 Å². The van der Waals surface area contributed by atoms with Gasteiger partial charge >= 0.3 is 5.97 Å². The van der Waals surface area contributed by atoms with E-state index in [1.165, 1.54) is 17.6 Å². The molecule has 33 heavy (non-hydrogen) atoms. The molecule has 0 spiro atoms. The summed E-state index contributed by atoms with van der Waals surface area (Å²) in [7, 11) is 0. The fourth-order valence-electron chi connectivity index (χ4n) is 2.82. The highest BCUT2D eigenvalue weighted by atomic mass is 16.7. The minimum absolute atomic E-state index is 0.00877. The Kier molecular flexibility index (Phi) is 9.30. The van der Waals surface area contributed by atoms with Crippen LogP contribution in [0.25, 0.3) is 0 Å². The molecule has 0 atom stereocenters. The van der Waals surface area contributed by atoms with E-state index in [1.54, 1.807) is 0 Å². The van der Waals surface area contributed by atoms with Crippen LogP contribution in [0.3, 0.4) is 0 Å². The third-order valence-electron chi connectivity index (χ3n) is 4.57. The molecule has 1 heterocycles. The summed E-state index contributed by atoms with van der Waals surface area (Å²) < 4.78 is 0. The summed E-state index contributed by atoms with van der Waals surface area (Å²) in [6.07, 6.45) is 0.596. The summed E-state index contributed by atoms with van der Waals surface area (Å²) in [4.78, 5) is 74.2. The first-order valence-electron chi connectivity index (χ1n) is 10.1. The molecule has 1 aliphatic heterocycles. The molecule has 0 saturated carbocycles. The summed E-state index contributed by atoms with van der Waals surface area (Å²) in [5, 5.41) is 24.0. The molecule has 0 radical (unpaired) electrons. The van der Waals surface area contributed by atoms with Crippen LogP contribution in [0.15, 0.2) is 18.2 Å². The SMILES string of the molecule is O=C(CCC(=O)ON1C(=O)CCC1=O)NCCCCNC(=O)c1ccc(C(=O)NO)c(O)c1. The number of nitrogens with zero attached hydrogens (tertiary/aromatic N) is 1. The highest BCUT2D eigenvalue weighted by molar-refractivity contribution is 6.01. The van der Waals surface area contributed by atoms with E-state index >= 15 is 0 Å². The Labute approximate surface area is 188 Å². The van der Waals surface area contributed by atoms with Crippen LogP contribution in [-0.2, 0) is 24.0 Å². The lowest BCUT2D eigenvalue weighted by molar-refractivity contribution is -0.197. The molecule has 13 nitrogen and oxygen atoms in total. The Balaban J connectivity index is 1.58. The molecule has 1 aromatic carbocycles. The van der Waals surface area contributed by atoms with E-state index in [4.69, 9.17) is 5.21 Å². The predicted octanol–water partition coefficient (Wildman–Crippen LogP) is -0.475. The number of imide groups is 1. The van der Waals surface area contributed by atoms with E-state index in [-0.39, 0.29) is 36.8 Å². The van der Waals surface area contributed by atoms with Crippen LogP contribution in [0.5, 0.6) is 5.75 Å². The number of hydrogen-bond acceptors (Lipinski definition) is 9. The molecule has 13 heteroatoms. The van der Waals surface area contributed by atoms with Crippen molar-refractivity contribution < 1.29 is 43.9 Å². The summed E-state index contributed by atoms with van der Waals surface area (Å²) >= 11 is 0. The highest BCUT2D eigenvalue weighted by Crippen LogP contribution is 2.18. The van der Waals surface area contributed by atoms with Crippen LogP contribution in [-0.4, -0.2) is 64.0 Å². The number of phenols is 1. The molecule has 2 rings (SSSR count). The molecule has 178 valence electrons. The minimum atomic E-state index is -0.907. The van der Waals surface area contributed by atoms with Crippen LogP contribution >= 0.6 is 0 Å². The summed E-state index contributed by atoms with van der Waals surface area (Å²) in [5.74, 6) is -4.28. The Morgan fingerprint density at radius 1 is 0.939 bits per heavy atom. The van der Waals surface area contributed by atoms with Gasteiger partial charge in [-0.25, -0.2) is 10.3 Å². The van der Waals surface area contributed by atoms with Gasteiger partial charge in [-0.1, -0.05) is 0 Å². The van der Waals surface area contributed by atoms with Crippen LogP contribution in [0.4, 0.5) is 0 Å². The van der Waals surface area contributed by atoms with Crippen LogP contribution < -0.4 is 16.1 Å². The standard InChI is InChI=1S/C20H24N4O9/c25-14-11-12(3-4-13(14)20(31)23-32)19(30)22-10-2-1-9-21-15(26)5-8-18(29)33-24-16(27)6-7-17(24)28/h3-4,11,25,32H,1-2,5-10H2,(H,21,26)(H,22,30)(H,23,31). The fraction of sp³-hybridized carbons (Fsp3) is 0.400. The number of phenolic OH excluding ortho intramolecular Hbond substituents is 1. The van der Waals surface area contributed by atoms with Crippen LogP contribution in [0.1, 0.15) is 59.2 Å². The number of nitrogens with one attached hydrogen (secondary N) is 3. The van der Waals surface area contributed by atoms with Gasteiger partial charge in [0.25, 0.3) is 23.6 Å². The van der Waals surface area contributed by atoms with Crippen LogP contribution in [0, 0.1) is 0 Å². The number of amides is 5. The van der Waals surface area contributed by atoms with Gasteiger partial charge in [-0.15, -0.1) is 5.06 Å². The zero-order valence-electron chi connectivity index (χ0n) is 17.6. The number of hydrogen-bond donors (Lipinski definition) is 5. The van der Waals surface area contributed by atoms with E-state index in [2.05, 4.69) is 15.5 Å². The molecule has 1 fully saturated rings. The van der Waals surface area contributed by atoms with Gasteiger partial charge < -0.3 is 20.6 Å². The van der Waals surface area contributed by atoms with Gasteiger partial charge in [-0.05, 0) is 31.0 Å². The molecule has 1 aromatic rings. The average Bonchev–Trinajstić information content (AvgIpc) is 3.11. The second-order valence-corrected chi connectivity index (χ2v) is 7.03. The third kappa shape index (κ3) is 7.57. The molecule has 0 bridgehead atoms. The van der Waals surface area contributed by atoms with Gasteiger partial charge in [0.2, 0.25) is 5.91 Å². The maximum absolute atomic E-state index is 12.1. The van der Waals surface area contributed by atoms with Crippen molar-refractivity contribution in [1.29, 1.82) is 0 Å². The van der Waals surface area contributed by atoms with Crippen molar-refractivity contribution in [3.63, 3.8) is 0 Å². The maximum Gasteiger partial charge on any atom is 0.333 e. The molecule has 0 unspecified atom stereocenters. The van der Waals surface area contributed by atoms with Crippen molar-refractivity contribution in [2.75, 3.05) is 13.1 Å². The zero-order valence-corrected chi connectivity index (χ0v) is 17.6. The molecule has 1 aliphatic rings. The van der Waals surface area contributed by atoms with Gasteiger partial charge in [0.15, 0.2) is 0 Å². The van der Waals surface area contributed by atoms with E-state index in [1.807, 2.05) is 0 Å². The van der Waals surface area contributed by atoms with Crippen molar-refractivity contribution in [2.45, 2.75) is 38.5 Å². The van der Waals surface area contributed by atoms with Gasteiger partial charge in [0.05, 0.1) is 12.0 Å². The smallest absolute Gasteiger partial charge is 0.333 e. The number of hydroxylamine groups is 3. The molecule has 5 N–H and O–H groups in total. The van der Waals surface area contributed by atoms with Gasteiger partial charge in [0, 0.05) is 37.9 Å². The lowest BCUT2D eigenvalue weighted by Gasteiger charge is -2.12. The van der Waals surface area contributed by atoms with E-state index < -0.39 is 41.3 Å². The lowest BCUT2D eigenvalue weighted by atomic mass is 10.1. The number of unbranched alkanes of at least 4 members (excludes halogenated alkanes) is 1. The van der Waals surface area contributed by atoms with E-state index in [0.717, 1.165) is 6.07 Å². The van der Waals surface area contributed by atoms with Crippen molar-refractivity contribution in [1.82, 2.24) is 21.2 Å². The molecular weight excluding hydrogens is 440 g/mol. The van der Waals surface area contributed by atoms with Gasteiger partial charge in [0.1, 0.15) is 5.75 Å². The summed E-state index contributed by atoms with van der Waals surface area (Å²) in [6, 6.07) is 3.61. The Bertz CT molecular complexity index is 931. The van der Waals surface area contributed by atoms with Gasteiger partial charge in [-0.3, -0.25) is 29.2 Å².